The highest BCUT2D eigenvalue weighted by molar-refractivity contribution is 6.69. The second-order valence-electron chi connectivity index (χ2n) is 3.85. The second-order valence-corrected chi connectivity index (χ2v) is 5.81. The molecule has 1 aliphatic heterocycles. The molecule has 2 aromatic carbocycles. The number of hydrogen-bond donors (Lipinski definition) is 0. The van der Waals surface area contributed by atoms with Crippen molar-refractivity contribution in [2.75, 3.05) is 7.11 Å². The van der Waals surface area contributed by atoms with E-state index in [1.165, 1.54) is 16.3 Å². The zero-order valence-electron chi connectivity index (χ0n) is 10.1. The van der Waals surface area contributed by atoms with Gasteiger partial charge in [-0.15, -0.1) is 0 Å². The minimum Gasteiger partial charge on any atom is -0.414 e. The van der Waals surface area contributed by atoms with Crippen molar-refractivity contribution in [3.63, 3.8) is 0 Å². The fourth-order valence-corrected chi connectivity index (χ4v) is 3.96. The van der Waals surface area contributed by atoms with Gasteiger partial charge in [0.25, 0.3) is 9.04 Å². The monoisotopic (exact) mass is 226 g/mol. The summed E-state index contributed by atoms with van der Waals surface area (Å²) in [6.07, 6.45) is 0. The van der Waals surface area contributed by atoms with E-state index in [2.05, 4.69) is 24.3 Å². The molecule has 0 fully saturated rings. The maximum Gasteiger partial charge on any atom is 0.251 e. The van der Waals surface area contributed by atoms with E-state index in [1.807, 2.05) is 24.3 Å². The van der Waals surface area contributed by atoms with E-state index in [4.69, 9.17) is 5.80 Å². The summed E-state index contributed by atoms with van der Waals surface area (Å²) in [4.78, 5) is 0. The largest absolute Gasteiger partial charge is 0.414 e. The number of rotatable bonds is 1. The van der Waals surface area contributed by atoms with E-state index in [9.17, 15) is 0 Å². The third-order valence-corrected chi connectivity index (χ3v) is 4.93. The van der Waals surface area contributed by atoms with E-state index in [-0.39, 0.29) is 6.02 Å². The van der Waals surface area contributed by atoms with Gasteiger partial charge in [-0.25, -0.2) is 0 Å². The summed E-state index contributed by atoms with van der Waals surface area (Å²) < 4.78 is 14.0. The van der Waals surface area contributed by atoms with Gasteiger partial charge >= 0.3 is 0 Å². The molecule has 0 saturated carbocycles. The highest BCUT2D eigenvalue weighted by Gasteiger charge is 2.26. The summed E-state index contributed by atoms with van der Waals surface area (Å²) in [7, 11) is 0.456. The number of benzene rings is 2. The molecule has 0 aliphatic carbocycles. The third kappa shape index (κ3) is 1.42. The molecular weight excluding hydrogens is 212 g/mol. The van der Waals surface area contributed by atoms with E-state index in [0.717, 1.165) is 5.56 Å². The Bertz CT molecular complexity index is 555. The third-order valence-electron chi connectivity index (χ3n) is 2.95. The minimum atomic E-state index is -1.27. The van der Waals surface area contributed by atoms with Crippen LogP contribution in [0, 0.1) is 0 Å². The molecule has 2 heteroatoms. The standard InChI is InChI=1S/C14H13OSi/c1-15-16-10-11-6-2-3-7-12(11)13-8-4-5-9-14(13)16/h2-9H,10H2,1H3/i10D. The predicted octanol–water partition coefficient (Wildman–Crippen LogP) is 2.29. The predicted molar refractivity (Wildman–Crippen MR) is 68.0 cm³/mol. The van der Waals surface area contributed by atoms with E-state index in [1.54, 1.807) is 7.11 Å². The first-order valence-corrected chi connectivity index (χ1v) is 6.83. The van der Waals surface area contributed by atoms with Crippen molar-refractivity contribution >= 4 is 14.2 Å². The molecule has 3 rings (SSSR count). The lowest BCUT2D eigenvalue weighted by Crippen LogP contribution is -2.39. The van der Waals surface area contributed by atoms with Crippen molar-refractivity contribution < 1.29 is 5.80 Å². The van der Waals surface area contributed by atoms with Crippen LogP contribution in [0.3, 0.4) is 0 Å². The van der Waals surface area contributed by atoms with Gasteiger partial charge in [-0.2, -0.15) is 0 Å². The summed E-state index contributed by atoms with van der Waals surface area (Å²) in [5.74, 6) is 0. The van der Waals surface area contributed by atoms with Crippen molar-refractivity contribution in [2.45, 2.75) is 6.02 Å². The zero-order valence-corrected chi connectivity index (χ0v) is 10.1. The van der Waals surface area contributed by atoms with Crippen LogP contribution in [0.5, 0.6) is 0 Å². The maximum atomic E-state index is 8.36. The topological polar surface area (TPSA) is 9.23 Å². The fourth-order valence-electron chi connectivity index (χ4n) is 2.19. The molecule has 0 amide bonds. The van der Waals surface area contributed by atoms with Gasteiger partial charge in [0.2, 0.25) is 0 Å². The lowest BCUT2D eigenvalue weighted by atomic mass is 10.00. The molecule has 1 heterocycles. The van der Waals surface area contributed by atoms with E-state index in [0.29, 0.717) is 0 Å². The fraction of sp³-hybridized carbons (Fsp3) is 0.143. The molecule has 0 aromatic heterocycles. The van der Waals surface area contributed by atoms with Crippen molar-refractivity contribution in [3.05, 3.63) is 54.1 Å². The van der Waals surface area contributed by atoms with Crippen molar-refractivity contribution in [3.8, 4) is 11.1 Å². The highest BCUT2D eigenvalue weighted by atomic mass is 28.3. The van der Waals surface area contributed by atoms with Crippen LogP contribution in [0.15, 0.2) is 48.5 Å². The lowest BCUT2D eigenvalue weighted by Gasteiger charge is -2.24. The molecule has 0 bridgehead atoms. The maximum absolute atomic E-state index is 8.36. The molecule has 16 heavy (non-hydrogen) atoms. The molecule has 1 nitrogen and oxygen atoms in total. The van der Waals surface area contributed by atoms with Gasteiger partial charge in [0.15, 0.2) is 0 Å². The Morgan fingerprint density at radius 2 is 1.75 bits per heavy atom. The van der Waals surface area contributed by atoms with Crippen LogP contribution in [0.2, 0.25) is 0 Å². The second kappa shape index (κ2) is 3.89. The van der Waals surface area contributed by atoms with Crippen LogP contribution >= 0.6 is 0 Å². The summed E-state index contributed by atoms with van der Waals surface area (Å²) >= 11 is 0. The first-order valence-electron chi connectivity index (χ1n) is 5.92. The molecule has 1 atom stereocenters. The van der Waals surface area contributed by atoms with Gasteiger partial charge < -0.3 is 4.43 Å². The van der Waals surface area contributed by atoms with E-state index < -0.39 is 9.04 Å². The van der Waals surface area contributed by atoms with Crippen LogP contribution in [0.25, 0.3) is 11.1 Å². The Labute approximate surface area is 98.8 Å². The Morgan fingerprint density at radius 1 is 1.06 bits per heavy atom. The van der Waals surface area contributed by atoms with Gasteiger partial charge in [-0.05, 0) is 27.9 Å². The zero-order chi connectivity index (χ0) is 11.8. The average Bonchev–Trinajstić information content (AvgIpc) is 2.40. The Hall–Kier alpha value is -1.38. The molecular formula is C14H13OSi. The summed E-state index contributed by atoms with van der Waals surface area (Å²) in [5.41, 5.74) is 3.53. The highest BCUT2D eigenvalue weighted by Crippen LogP contribution is 2.27. The summed E-state index contributed by atoms with van der Waals surface area (Å²) in [5, 5.41) is 1.22. The molecule has 1 unspecified atom stereocenters. The normalized spacial score (nSPS) is 19.8. The molecule has 79 valence electrons. The summed E-state index contributed by atoms with van der Waals surface area (Å²) in [6.45, 7) is 0. The molecule has 0 spiro atoms. The number of fused-ring (bicyclic) bond motifs is 3. The Balaban J connectivity index is 2.29. The van der Waals surface area contributed by atoms with Crippen molar-refractivity contribution in [1.82, 2.24) is 0 Å². The van der Waals surface area contributed by atoms with Crippen LogP contribution in [-0.2, 0) is 10.4 Å². The van der Waals surface area contributed by atoms with Gasteiger partial charge in [-0.1, -0.05) is 48.5 Å². The van der Waals surface area contributed by atoms with E-state index >= 15 is 0 Å². The first-order chi connectivity index (χ1) is 8.33. The van der Waals surface area contributed by atoms with Crippen LogP contribution in [-0.4, -0.2) is 16.2 Å². The average molecular weight is 226 g/mol. The molecule has 1 radical (unpaired) electrons. The Kier molecular flexibility index (Phi) is 2.12. The van der Waals surface area contributed by atoms with Gasteiger partial charge in [0.05, 0.1) is 0 Å². The molecule has 0 saturated heterocycles. The SMILES string of the molecule is [2H]C1c2ccccc2-c2ccccc2[Si]1OC. The number of hydrogen-bond acceptors (Lipinski definition) is 1. The van der Waals surface area contributed by atoms with Crippen molar-refractivity contribution in [2.24, 2.45) is 0 Å². The van der Waals surface area contributed by atoms with Crippen LogP contribution in [0.1, 0.15) is 6.93 Å². The molecule has 1 aliphatic rings. The minimum absolute atomic E-state index is 0.240. The lowest BCUT2D eigenvalue weighted by molar-refractivity contribution is 0.428. The van der Waals surface area contributed by atoms with Gasteiger partial charge in [0.1, 0.15) is 0 Å². The molecule has 0 N–H and O–H groups in total. The van der Waals surface area contributed by atoms with Crippen LogP contribution < -0.4 is 5.19 Å². The summed E-state index contributed by atoms with van der Waals surface area (Å²) in [6, 6.07) is 16.3. The van der Waals surface area contributed by atoms with Gasteiger partial charge in [0, 0.05) is 8.48 Å². The Morgan fingerprint density at radius 3 is 2.56 bits per heavy atom. The quantitative estimate of drug-likeness (QED) is 0.678. The first kappa shape index (κ1) is 8.73. The van der Waals surface area contributed by atoms with Crippen LogP contribution in [0.4, 0.5) is 0 Å². The molecule has 2 aromatic rings. The van der Waals surface area contributed by atoms with Gasteiger partial charge in [-0.3, -0.25) is 0 Å². The van der Waals surface area contributed by atoms with Crippen molar-refractivity contribution in [1.29, 1.82) is 0 Å². The smallest absolute Gasteiger partial charge is 0.251 e.